The highest BCUT2D eigenvalue weighted by atomic mass is 32.1. The summed E-state index contributed by atoms with van der Waals surface area (Å²) in [5, 5.41) is 29.9. The molecule has 8 nitrogen and oxygen atoms in total. The zero-order valence-corrected chi connectivity index (χ0v) is 16.5. The van der Waals surface area contributed by atoms with Crippen molar-refractivity contribution in [1.29, 1.82) is 0 Å². The van der Waals surface area contributed by atoms with E-state index in [1.165, 1.54) is 13.0 Å². The molecular weight excluding hydrogens is 394 g/mol. The van der Waals surface area contributed by atoms with Crippen LogP contribution in [0.25, 0.3) is 5.70 Å². The average Bonchev–Trinajstić information content (AvgIpc) is 2.69. The summed E-state index contributed by atoms with van der Waals surface area (Å²) in [5.41, 5.74) is 1.31. The van der Waals surface area contributed by atoms with Gasteiger partial charge in [-0.3, -0.25) is 14.9 Å². The van der Waals surface area contributed by atoms with E-state index in [-0.39, 0.29) is 23.3 Å². The van der Waals surface area contributed by atoms with Crippen molar-refractivity contribution < 1.29 is 19.6 Å². The maximum absolute atomic E-state index is 12.6. The van der Waals surface area contributed by atoms with E-state index in [0.29, 0.717) is 16.8 Å². The number of rotatable bonds is 6. The summed E-state index contributed by atoms with van der Waals surface area (Å²) >= 11 is 5.30. The Bertz CT molecular complexity index is 1020. The molecule has 2 aromatic rings. The van der Waals surface area contributed by atoms with Gasteiger partial charge in [0.15, 0.2) is 10.9 Å². The maximum atomic E-state index is 12.6. The van der Waals surface area contributed by atoms with Gasteiger partial charge in [0.1, 0.15) is 5.75 Å². The molecule has 0 unspecified atom stereocenters. The Morgan fingerprint density at radius 1 is 1.28 bits per heavy atom. The zero-order chi connectivity index (χ0) is 21.1. The number of nitrogens with one attached hydrogen (secondary N) is 2. The Balaban J connectivity index is 2.24. The number of Topliss-reactive ketones (excluding diaryl/α,β-unsaturated/α-hetero) is 1. The number of carbonyl (C=O) groups is 1. The Morgan fingerprint density at radius 2 is 1.97 bits per heavy atom. The van der Waals surface area contributed by atoms with Gasteiger partial charge in [0.05, 0.1) is 23.3 Å². The van der Waals surface area contributed by atoms with E-state index >= 15 is 0 Å². The lowest BCUT2D eigenvalue weighted by Crippen LogP contribution is -2.44. The highest BCUT2D eigenvalue weighted by molar-refractivity contribution is 7.80. The van der Waals surface area contributed by atoms with Gasteiger partial charge in [0.2, 0.25) is 0 Å². The van der Waals surface area contributed by atoms with Crippen LogP contribution in [0.5, 0.6) is 11.5 Å². The zero-order valence-electron chi connectivity index (χ0n) is 15.7. The third kappa shape index (κ3) is 4.04. The molecule has 1 heterocycles. The average molecular weight is 412 g/mol. The summed E-state index contributed by atoms with van der Waals surface area (Å²) < 4.78 is 5.30. The van der Waals surface area contributed by atoms with Crippen LogP contribution in [0.2, 0.25) is 0 Å². The molecule has 0 radical (unpaired) electrons. The number of nitro benzene ring substituents is 1. The van der Waals surface area contributed by atoms with Gasteiger partial charge >= 0.3 is 0 Å². The highest BCUT2D eigenvalue weighted by Gasteiger charge is 2.31. The molecule has 0 aromatic heterocycles. The molecule has 9 heteroatoms. The molecule has 0 spiro atoms. The summed E-state index contributed by atoms with van der Waals surface area (Å²) in [6.07, 6.45) is 0. The number of nitrogens with zero attached hydrogens (tertiary/aromatic N) is 1. The van der Waals surface area contributed by atoms with E-state index in [2.05, 4.69) is 10.6 Å². The molecule has 29 heavy (non-hydrogen) atoms. The van der Waals surface area contributed by atoms with Crippen molar-refractivity contribution in [2.75, 3.05) is 6.61 Å². The van der Waals surface area contributed by atoms with Crippen LogP contribution >= 0.6 is 12.2 Å². The van der Waals surface area contributed by atoms with Crippen molar-refractivity contribution in [2.45, 2.75) is 19.9 Å². The summed E-state index contributed by atoms with van der Waals surface area (Å²) in [7, 11) is 0. The molecule has 0 saturated heterocycles. The van der Waals surface area contributed by atoms with Gasteiger partial charge in [0.25, 0.3) is 5.69 Å². The van der Waals surface area contributed by atoms with E-state index < -0.39 is 22.4 Å². The Kier molecular flexibility index (Phi) is 5.79. The summed E-state index contributed by atoms with van der Waals surface area (Å²) in [6, 6.07) is 10.9. The van der Waals surface area contributed by atoms with E-state index in [1.807, 2.05) is 30.3 Å². The number of nitro groups is 1. The molecule has 150 valence electrons. The standard InChI is InChI=1S/C20H19N3O5S/c1-3-28-15-10-13(9-14(19(15)25)23(26)27)18-16(11(2)24)17(21-20(29)22-18)12-7-5-4-6-8-12/h4-10,18,25H,3H2,1-2H3,(H2,21,22,29)/p-1/t18-/m0/s1. The quantitative estimate of drug-likeness (QED) is 0.422. The second-order valence-electron chi connectivity index (χ2n) is 6.30. The van der Waals surface area contributed by atoms with Crippen molar-refractivity contribution in [1.82, 2.24) is 10.6 Å². The molecule has 1 aliphatic heterocycles. The van der Waals surface area contributed by atoms with Crippen LogP contribution in [0.4, 0.5) is 5.69 Å². The van der Waals surface area contributed by atoms with E-state index in [0.717, 1.165) is 11.6 Å². The molecule has 1 atom stereocenters. The molecule has 0 fully saturated rings. The minimum atomic E-state index is -0.811. The van der Waals surface area contributed by atoms with Crippen LogP contribution in [-0.2, 0) is 4.79 Å². The van der Waals surface area contributed by atoms with Crippen LogP contribution in [0, 0.1) is 10.1 Å². The van der Waals surface area contributed by atoms with Crippen LogP contribution in [-0.4, -0.2) is 22.4 Å². The predicted molar refractivity (Wildman–Crippen MR) is 109 cm³/mol. The van der Waals surface area contributed by atoms with Crippen LogP contribution in [0.3, 0.4) is 0 Å². The van der Waals surface area contributed by atoms with E-state index in [9.17, 15) is 20.0 Å². The molecule has 2 N–H and O–H groups in total. The lowest BCUT2D eigenvalue weighted by molar-refractivity contribution is -0.398. The van der Waals surface area contributed by atoms with Crippen LogP contribution in [0.1, 0.15) is 31.0 Å². The molecular formula is C20H18N3O5S-. The summed E-state index contributed by atoms with van der Waals surface area (Å²) in [5.74, 6) is -1.20. The number of hydrogen-bond acceptors (Lipinski definition) is 6. The first-order valence-corrected chi connectivity index (χ1v) is 9.24. The Labute approximate surface area is 172 Å². The van der Waals surface area contributed by atoms with Gasteiger partial charge in [-0.25, -0.2) is 0 Å². The minimum Gasteiger partial charge on any atom is -0.865 e. The lowest BCUT2D eigenvalue weighted by Gasteiger charge is -2.31. The SMILES string of the molecule is CCOc1cc([C@@H]2NC(=S)NC(c3ccccc3)=C2C(C)=O)cc([N+](=O)[O-])c1[O-]. The van der Waals surface area contributed by atoms with Gasteiger partial charge in [-0.1, -0.05) is 30.3 Å². The van der Waals surface area contributed by atoms with Crippen molar-refractivity contribution in [3.63, 3.8) is 0 Å². The minimum absolute atomic E-state index is 0.146. The first kappa shape index (κ1) is 20.3. The first-order chi connectivity index (χ1) is 13.8. The third-order valence-electron chi connectivity index (χ3n) is 4.40. The summed E-state index contributed by atoms with van der Waals surface area (Å²) in [4.78, 5) is 23.2. The molecule has 0 bridgehead atoms. The predicted octanol–water partition coefficient (Wildman–Crippen LogP) is 2.59. The van der Waals surface area contributed by atoms with Crippen LogP contribution in [0.15, 0.2) is 48.0 Å². The van der Waals surface area contributed by atoms with Gasteiger partial charge in [-0.2, -0.15) is 0 Å². The smallest absolute Gasteiger partial charge is 0.265 e. The fourth-order valence-corrected chi connectivity index (χ4v) is 3.42. The van der Waals surface area contributed by atoms with Crippen LogP contribution < -0.4 is 20.5 Å². The second kappa shape index (κ2) is 8.27. The van der Waals surface area contributed by atoms with Gasteiger partial charge in [-0.15, -0.1) is 0 Å². The molecule has 0 amide bonds. The van der Waals surface area contributed by atoms with E-state index in [1.54, 1.807) is 6.92 Å². The number of carbonyl (C=O) groups excluding carboxylic acids is 1. The Morgan fingerprint density at radius 3 is 2.55 bits per heavy atom. The summed E-state index contributed by atoms with van der Waals surface area (Å²) in [6.45, 7) is 3.24. The maximum Gasteiger partial charge on any atom is 0.265 e. The molecule has 0 saturated carbocycles. The number of ether oxygens (including phenoxy) is 1. The number of benzene rings is 2. The Hall–Kier alpha value is -3.46. The fraction of sp³-hybridized carbons (Fsp3) is 0.200. The number of ketones is 1. The molecule has 2 aromatic carbocycles. The first-order valence-electron chi connectivity index (χ1n) is 8.83. The number of thiocarbonyl (C=S) groups is 1. The third-order valence-corrected chi connectivity index (χ3v) is 4.62. The van der Waals surface area contributed by atoms with Gasteiger partial charge in [-0.05, 0) is 43.3 Å². The monoisotopic (exact) mass is 412 g/mol. The van der Waals surface area contributed by atoms with Crippen molar-refractivity contribution in [3.8, 4) is 11.5 Å². The second-order valence-corrected chi connectivity index (χ2v) is 6.71. The van der Waals surface area contributed by atoms with Gasteiger partial charge in [0, 0.05) is 17.4 Å². The topological polar surface area (TPSA) is 117 Å². The van der Waals surface area contributed by atoms with E-state index in [4.69, 9.17) is 17.0 Å². The van der Waals surface area contributed by atoms with Crippen molar-refractivity contribution in [3.05, 3.63) is 69.3 Å². The van der Waals surface area contributed by atoms with Crippen molar-refractivity contribution in [2.24, 2.45) is 0 Å². The van der Waals surface area contributed by atoms with Crippen molar-refractivity contribution >= 4 is 34.5 Å². The number of hydrogen-bond donors (Lipinski definition) is 2. The largest absolute Gasteiger partial charge is 0.865 e. The normalized spacial score (nSPS) is 16.1. The molecule has 1 aliphatic rings. The fourth-order valence-electron chi connectivity index (χ4n) is 3.20. The molecule has 3 rings (SSSR count). The van der Waals surface area contributed by atoms with Gasteiger partial charge < -0.3 is 20.5 Å². The molecule has 0 aliphatic carbocycles. The highest BCUT2D eigenvalue weighted by Crippen LogP contribution is 2.40. The lowest BCUT2D eigenvalue weighted by atomic mass is 9.90.